The molecule has 1 saturated heterocycles. The number of amides is 1. The minimum atomic E-state index is 0.0996. The maximum atomic E-state index is 12.7. The first kappa shape index (κ1) is 13.7. The Morgan fingerprint density at radius 2 is 2.16 bits per heavy atom. The van der Waals surface area contributed by atoms with E-state index in [4.69, 9.17) is 5.73 Å². The lowest BCUT2D eigenvalue weighted by Gasteiger charge is -2.32. The zero-order chi connectivity index (χ0) is 14.0. The summed E-state index contributed by atoms with van der Waals surface area (Å²) in [5.74, 6) is 0.684. The monoisotopic (exact) mass is 261 g/mol. The molecule has 4 nitrogen and oxygen atoms in total. The highest BCUT2D eigenvalue weighted by Crippen LogP contribution is 2.25. The van der Waals surface area contributed by atoms with Gasteiger partial charge in [0.2, 0.25) is 0 Å². The fourth-order valence-electron chi connectivity index (χ4n) is 2.66. The van der Waals surface area contributed by atoms with Crippen LogP contribution in [0.25, 0.3) is 0 Å². The molecule has 1 aromatic carbocycles. The smallest absolute Gasteiger partial charge is 0.256 e. The molecule has 0 aliphatic carbocycles. The average Bonchev–Trinajstić information content (AvgIpc) is 2.37. The van der Waals surface area contributed by atoms with Crippen molar-refractivity contribution < 1.29 is 4.79 Å². The first-order valence-electron chi connectivity index (χ1n) is 6.85. The summed E-state index contributed by atoms with van der Waals surface area (Å²) >= 11 is 0. The van der Waals surface area contributed by atoms with E-state index in [9.17, 15) is 4.79 Å². The molecule has 1 aliphatic heterocycles. The van der Waals surface area contributed by atoms with Crippen molar-refractivity contribution in [2.45, 2.75) is 19.8 Å². The van der Waals surface area contributed by atoms with Crippen molar-refractivity contribution in [1.29, 1.82) is 0 Å². The number of anilines is 2. The van der Waals surface area contributed by atoms with E-state index in [-0.39, 0.29) is 5.91 Å². The van der Waals surface area contributed by atoms with Crippen LogP contribution in [0.3, 0.4) is 0 Å². The van der Waals surface area contributed by atoms with Gasteiger partial charge in [0.25, 0.3) is 5.91 Å². The van der Waals surface area contributed by atoms with Crippen LogP contribution >= 0.6 is 0 Å². The summed E-state index contributed by atoms with van der Waals surface area (Å²) < 4.78 is 0. The Morgan fingerprint density at radius 3 is 2.79 bits per heavy atom. The molecule has 1 amide bonds. The number of likely N-dealkylation sites (tertiary alicyclic amines) is 1. The highest BCUT2D eigenvalue weighted by molar-refractivity contribution is 6.00. The fourth-order valence-corrected chi connectivity index (χ4v) is 2.66. The van der Waals surface area contributed by atoms with Gasteiger partial charge >= 0.3 is 0 Å². The normalized spacial score (nSPS) is 19.3. The van der Waals surface area contributed by atoms with E-state index >= 15 is 0 Å². The molecule has 2 rings (SSSR count). The minimum absolute atomic E-state index is 0.0996. The van der Waals surface area contributed by atoms with Crippen molar-refractivity contribution in [3.8, 4) is 0 Å². The number of carbonyl (C=O) groups is 1. The topological polar surface area (TPSA) is 49.6 Å². The molecular weight excluding hydrogens is 238 g/mol. The molecular formula is C15H23N3O. The van der Waals surface area contributed by atoms with E-state index in [1.807, 2.05) is 36.0 Å². The molecule has 1 aromatic rings. The van der Waals surface area contributed by atoms with Crippen LogP contribution in [0.4, 0.5) is 11.4 Å². The number of carbonyl (C=O) groups excluding carboxylic acids is 1. The predicted molar refractivity (Wildman–Crippen MR) is 79.5 cm³/mol. The molecule has 2 N–H and O–H groups in total. The number of piperidine rings is 1. The van der Waals surface area contributed by atoms with Gasteiger partial charge in [-0.2, -0.15) is 0 Å². The summed E-state index contributed by atoms with van der Waals surface area (Å²) in [6.07, 6.45) is 2.30. The lowest BCUT2D eigenvalue weighted by Crippen LogP contribution is -2.39. The average molecular weight is 261 g/mol. The zero-order valence-electron chi connectivity index (χ0n) is 12.0. The Balaban J connectivity index is 2.29. The molecule has 19 heavy (non-hydrogen) atoms. The van der Waals surface area contributed by atoms with Gasteiger partial charge in [-0.25, -0.2) is 0 Å². The Kier molecular flexibility index (Phi) is 3.98. The van der Waals surface area contributed by atoms with Crippen LogP contribution in [-0.4, -0.2) is 38.0 Å². The summed E-state index contributed by atoms with van der Waals surface area (Å²) in [5, 5.41) is 0. The molecule has 1 fully saturated rings. The molecule has 0 bridgehead atoms. The van der Waals surface area contributed by atoms with E-state index in [2.05, 4.69) is 6.92 Å². The van der Waals surface area contributed by atoms with E-state index in [1.165, 1.54) is 6.42 Å². The van der Waals surface area contributed by atoms with Crippen LogP contribution in [0.2, 0.25) is 0 Å². The third-order valence-corrected chi connectivity index (χ3v) is 3.68. The molecule has 0 radical (unpaired) electrons. The summed E-state index contributed by atoms with van der Waals surface area (Å²) in [5.41, 5.74) is 8.11. The van der Waals surface area contributed by atoms with Crippen LogP contribution in [0.15, 0.2) is 18.2 Å². The molecule has 1 aliphatic rings. The van der Waals surface area contributed by atoms with Gasteiger partial charge in [-0.3, -0.25) is 4.79 Å². The van der Waals surface area contributed by atoms with E-state index < -0.39 is 0 Å². The molecule has 0 saturated carbocycles. The Hall–Kier alpha value is -1.71. The van der Waals surface area contributed by atoms with Crippen molar-refractivity contribution in [1.82, 2.24) is 4.90 Å². The summed E-state index contributed by atoms with van der Waals surface area (Å²) in [6.45, 7) is 3.90. The standard InChI is InChI=1S/C15H23N3O/c1-11-5-4-8-18(10-11)15(19)13-9-12(16)6-7-14(13)17(2)3/h6-7,9,11H,4-5,8,10,16H2,1-3H3/t11-/m0/s1. The highest BCUT2D eigenvalue weighted by Gasteiger charge is 2.24. The van der Waals surface area contributed by atoms with Crippen molar-refractivity contribution >= 4 is 17.3 Å². The van der Waals surface area contributed by atoms with Gasteiger partial charge in [-0.1, -0.05) is 6.92 Å². The molecule has 1 heterocycles. The maximum absolute atomic E-state index is 12.7. The van der Waals surface area contributed by atoms with Gasteiger partial charge in [-0.05, 0) is 37.0 Å². The quantitative estimate of drug-likeness (QED) is 0.830. The van der Waals surface area contributed by atoms with E-state index in [0.717, 1.165) is 25.2 Å². The second kappa shape index (κ2) is 5.51. The van der Waals surface area contributed by atoms with Gasteiger partial charge in [-0.15, -0.1) is 0 Å². The molecule has 0 unspecified atom stereocenters. The van der Waals surface area contributed by atoms with Crippen LogP contribution < -0.4 is 10.6 Å². The maximum Gasteiger partial charge on any atom is 0.256 e. The number of nitrogens with two attached hydrogens (primary N) is 1. The fraction of sp³-hybridized carbons (Fsp3) is 0.533. The van der Waals surface area contributed by atoms with Gasteiger partial charge in [0, 0.05) is 38.6 Å². The Labute approximate surface area is 115 Å². The molecule has 0 spiro atoms. The first-order valence-corrected chi connectivity index (χ1v) is 6.85. The minimum Gasteiger partial charge on any atom is -0.399 e. The van der Waals surface area contributed by atoms with Gasteiger partial charge < -0.3 is 15.5 Å². The number of benzene rings is 1. The number of nitrogens with zero attached hydrogens (tertiary/aromatic N) is 2. The van der Waals surface area contributed by atoms with Crippen LogP contribution in [0.5, 0.6) is 0 Å². The number of hydrogen-bond acceptors (Lipinski definition) is 3. The Bertz CT molecular complexity index is 470. The third kappa shape index (κ3) is 3.00. The second-order valence-electron chi connectivity index (χ2n) is 5.67. The number of hydrogen-bond donors (Lipinski definition) is 1. The van der Waals surface area contributed by atoms with Crippen LogP contribution in [-0.2, 0) is 0 Å². The van der Waals surface area contributed by atoms with E-state index in [1.54, 1.807) is 6.07 Å². The van der Waals surface area contributed by atoms with Crippen molar-refractivity contribution in [2.24, 2.45) is 5.92 Å². The highest BCUT2D eigenvalue weighted by atomic mass is 16.2. The predicted octanol–water partition coefficient (Wildman–Crippen LogP) is 2.21. The van der Waals surface area contributed by atoms with Crippen molar-refractivity contribution in [3.05, 3.63) is 23.8 Å². The van der Waals surface area contributed by atoms with E-state index in [0.29, 0.717) is 17.2 Å². The van der Waals surface area contributed by atoms with Crippen LogP contribution in [0.1, 0.15) is 30.1 Å². The molecule has 104 valence electrons. The van der Waals surface area contributed by atoms with Gasteiger partial charge in [0.05, 0.1) is 5.56 Å². The van der Waals surface area contributed by atoms with Crippen molar-refractivity contribution in [3.63, 3.8) is 0 Å². The number of nitrogen functional groups attached to an aromatic ring is 1. The lowest BCUT2D eigenvalue weighted by atomic mass is 9.99. The Morgan fingerprint density at radius 1 is 1.42 bits per heavy atom. The summed E-state index contributed by atoms with van der Waals surface area (Å²) in [4.78, 5) is 16.6. The largest absolute Gasteiger partial charge is 0.399 e. The van der Waals surface area contributed by atoms with Crippen LogP contribution in [0, 0.1) is 5.92 Å². The summed E-state index contributed by atoms with van der Waals surface area (Å²) in [7, 11) is 3.89. The molecule has 4 heteroatoms. The SMILES string of the molecule is C[C@H]1CCCN(C(=O)c2cc(N)ccc2N(C)C)C1. The number of rotatable bonds is 2. The second-order valence-corrected chi connectivity index (χ2v) is 5.67. The first-order chi connectivity index (χ1) is 8.99. The zero-order valence-corrected chi connectivity index (χ0v) is 12.0. The molecule has 1 atom stereocenters. The van der Waals surface area contributed by atoms with Gasteiger partial charge in [0.15, 0.2) is 0 Å². The van der Waals surface area contributed by atoms with Crippen molar-refractivity contribution in [2.75, 3.05) is 37.8 Å². The lowest BCUT2D eigenvalue weighted by molar-refractivity contribution is 0.0684. The third-order valence-electron chi connectivity index (χ3n) is 3.68. The summed E-state index contributed by atoms with van der Waals surface area (Å²) in [6, 6.07) is 5.54. The molecule has 0 aromatic heterocycles. The van der Waals surface area contributed by atoms with Gasteiger partial charge in [0.1, 0.15) is 0 Å².